The van der Waals surface area contributed by atoms with Crippen molar-refractivity contribution in [2.45, 2.75) is 33.0 Å². The summed E-state index contributed by atoms with van der Waals surface area (Å²) in [5, 5.41) is 11.9. The summed E-state index contributed by atoms with van der Waals surface area (Å²) >= 11 is 6.07. The highest BCUT2D eigenvalue weighted by Gasteiger charge is 2.34. The molecule has 0 aliphatic carbocycles. The molecule has 1 aromatic heterocycles. The van der Waals surface area contributed by atoms with Gasteiger partial charge < -0.3 is 14.3 Å². The molecule has 0 bridgehead atoms. The van der Waals surface area contributed by atoms with Crippen molar-refractivity contribution in [1.82, 2.24) is 0 Å². The van der Waals surface area contributed by atoms with Gasteiger partial charge in [-0.05, 0) is 17.5 Å². The van der Waals surface area contributed by atoms with E-state index in [9.17, 15) is 5.11 Å². The number of benzene rings is 1. The van der Waals surface area contributed by atoms with Gasteiger partial charge in [0, 0.05) is 12.5 Å². The molecule has 1 heterocycles. The molecule has 0 spiro atoms. The third-order valence-electron chi connectivity index (χ3n) is 3.20. The Labute approximate surface area is 118 Å². The molecule has 2 rings (SSSR count). The number of methoxy groups -OCH3 is 1. The van der Waals surface area contributed by atoms with Crippen molar-refractivity contribution >= 4 is 22.6 Å². The van der Waals surface area contributed by atoms with Gasteiger partial charge in [-0.1, -0.05) is 44.5 Å². The molecule has 0 amide bonds. The van der Waals surface area contributed by atoms with Crippen molar-refractivity contribution in [3.05, 3.63) is 35.0 Å². The van der Waals surface area contributed by atoms with Gasteiger partial charge in [0.05, 0.1) is 11.1 Å². The topological polar surface area (TPSA) is 42.6 Å². The van der Waals surface area contributed by atoms with Crippen molar-refractivity contribution < 1.29 is 14.3 Å². The van der Waals surface area contributed by atoms with Crippen LogP contribution in [0.5, 0.6) is 0 Å². The van der Waals surface area contributed by atoms with Gasteiger partial charge >= 0.3 is 0 Å². The van der Waals surface area contributed by atoms with E-state index in [1.807, 2.05) is 39.0 Å². The predicted molar refractivity (Wildman–Crippen MR) is 76.4 cm³/mol. The van der Waals surface area contributed by atoms with Crippen LogP contribution >= 0.6 is 11.6 Å². The van der Waals surface area contributed by atoms with Crippen molar-refractivity contribution in [3.63, 3.8) is 0 Å². The monoisotopic (exact) mass is 282 g/mol. The maximum absolute atomic E-state index is 10.4. The van der Waals surface area contributed by atoms with Crippen LogP contribution in [-0.4, -0.2) is 18.3 Å². The van der Waals surface area contributed by atoms with E-state index in [2.05, 4.69) is 0 Å². The van der Waals surface area contributed by atoms with Crippen molar-refractivity contribution in [3.8, 4) is 0 Å². The van der Waals surface area contributed by atoms with Crippen LogP contribution in [-0.2, 0) is 4.74 Å². The van der Waals surface area contributed by atoms with Gasteiger partial charge in [0.25, 0.3) is 0 Å². The standard InChI is InChI=1S/C15H19ClO3/c1-15(2,3)14(18-4)12(17)11-8-9-6-5-7-10(16)13(9)19-11/h5-8,12,14,17H,1-4H3. The Morgan fingerprint density at radius 3 is 2.53 bits per heavy atom. The normalized spacial score (nSPS) is 15.7. The highest BCUT2D eigenvalue weighted by Crippen LogP contribution is 2.36. The average Bonchev–Trinajstić information content (AvgIpc) is 2.73. The summed E-state index contributed by atoms with van der Waals surface area (Å²) in [7, 11) is 1.59. The van der Waals surface area contributed by atoms with Crippen LogP contribution in [0.2, 0.25) is 5.02 Å². The second-order valence-electron chi connectivity index (χ2n) is 5.77. The molecule has 0 saturated carbocycles. The zero-order valence-electron chi connectivity index (χ0n) is 11.6. The van der Waals surface area contributed by atoms with Gasteiger partial charge in [-0.2, -0.15) is 0 Å². The van der Waals surface area contributed by atoms with E-state index in [0.29, 0.717) is 16.4 Å². The molecule has 4 heteroatoms. The van der Waals surface area contributed by atoms with Gasteiger partial charge in [-0.15, -0.1) is 0 Å². The van der Waals surface area contributed by atoms with E-state index in [1.54, 1.807) is 13.2 Å². The van der Waals surface area contributed by atoms with Crippen LogP contribution in [0, 0.1) is 5.41 Å². The van der Waals surface area contributed by atoms with Gasteiger partial charge in [0.2, 0.25) is 0 Å². The Hall–Kier alpha value is -1.03. The van der Waals surface area contributed by atoms with Gasteiger partial charge in [0.15, 0.2) is 5.58 Å². The molecule has 0 saturated heterocycles. The number of para-hydroxylation sites is 1. The van der Waals surface area contributed by atoms with E-state index in [1.165, 1.54) is 0 Å². The first kappa shape index (κ1) is 14.4. The molecular formula is C15H19ClO3. The highest BCUT2D eigenvalue weighted by molar-refractivity contribution is 6.34. The molecule has 2 aromatic rings. The Bertz CT molecular complexity index is 568. The molecule has 2 atom stereocenters. The molecule has 1 aromatic carbocycles. The highest BCUT2D eigenvalue weighted by atomic mass is 35.5. The minimum absolute atomic E-state index is 0.197. The molecular weight excluding hydrogens is 264 g/mol. The number of fused-ring (bicyclic) bond motifs is 1. The second-order valence-corrected chi connectivity index (χ2v) is 6.18. The number of ether oxygens (including phenoxy) is 1. The third-order valence-corrected chi connectivity index (χ3v) is 3.50. The van der Waals surface area contributed by atoms with Gasteiger partial charge in [-0.25, -0.2) is 0 Å². The SMILES string of the molecule is COC(C(O)c1cc2cccc(Cl)c2o1)C(C)(C)C. The van der Waals surface area contributed by atoms with Crippen molar-refractivity contribution in [2.75, 3.05) is 7.11 Å². The summed E-state index contributed by atoms with van der Waals surface area (Å²) in [6.07, 6.45) is -1.18. The van der Waals surface area contributed by atoms with Crippen LogP contribution in [0.25, 0.3) is 11.0 Å². The number of hydrogen-bond donors (Lipinski definition) is 1. The summed E-state index contributed by atoms with van der Waals surface area (Å²) in [6.45, 7) is 6.04. The third kappa shape index (κ3) is 2.78. The predicted octanol–water partition coefficient (Wildman–Crippen LogP) is 4.18. The van der Waals surface area contributed by atoms with Crippen LogP contribution in [0.4, 0.5) is 0 Å². The van der Waals surface area contributed by atoms with Crippen molar-refractivity contribution in [2.24, 2.45) is 5.41 Å². The lowest BCUT2D eigenvalue weighted by Gasteiger charge is -2.32. The summed E-state index contributed by atoms with van der Waals surface area (Å²) < 4.78 is 11.1. The molecule has 0 aliphatic rings. The minimum atomic E-state index is -0.825. The molecule has 0 radical (unpaired) electrons. The molecule has 2 unspecified atom stereocenters. The summed E-state index contributed by atoms with van der Waals surface area (Å²) in [5.74, 6) is 0.477. The lowest BCUT2D eigenvalue weighted by molar-refractivity contribution is -0.0793. The zero-order chi connectivity index (χ0) is 14.2. The Morgan fingerprint density at radius 1 is 1.32 bits per heavy atom. The maximum Gasteiger partial charge on any atom is 0.152 e. The quantitative estimate of drug-likeness (QED) is 0.918. The van der Waals surface area contributed by atoms with E-state index < -0.39 is 6.10 Å². The number of halogens is 1. The van der Waals surface area contributed by atoms with Gasteiger partial charge in [0.1, 0.15) is 11.9 Å². The second kappa shape index (κ2) is 5.16. The van der Waals surface area contributed by atoms with Crippen LogP contribution in [0.3, 0.4) is 0 Å². The summed E-state index contributed by atoms with van der Waals surface area (Å²) in [6, 6.07) is 7.33. The number of furan rings is 1. The lowest BCUT2D eigenvalue weighted by Crippen LogP contribution is -2.34. The molecule has 0 aliphatic heterocycles. The molecule has 104 valence electrons. The number of hydrogen-bond acceptors (Lipinski definition) is 3. The number of aliphatic hydroxyl groups is 1. The smallest absolute Gasteiger partial charge is 0.152 e. The lowest BCUT2D eigenvalue weighted by atomic mass is 9.85. The first-order valence-corrected chi connectivity index (χ1v) is 6.61. The first-order chi connectivity index (χ1) is 8.84. The largest absolute Gasteiger partial charge is 0.457 e. The van der Waals surface area contributed by atoms with E-state index in [-0.39, 0.29) is 11.5 Å². The zero-order valence-corrected chi connectivity index (χ0v) is 12.4. The fourth-order valence-electron chi connectivity index (χ4n) is 2.30. The fraction of sp³-hybridized carbons (Fsp3) is 0.467. The minimum Gasteiger partial charge on any atom is -0.457 e. The summed E-state index contributed by atoms with van der Waals surface area (Å²) in [5.41, 5.74) is 0.402. The Kier molecular flexibility index (Phi) is 3.90. The maximum atomic E-state index is 10.4. The van der Waals surface area contributed by atoms with Gasteiger partial charge in [-0.3, -0.25) is 0 Å². The van der Waals surface area contributed by atoms with Crippen molar-refractivity contribution in [1.29, 1.82) is 0 Å². The van der Waals surface area contributed by atoms with E-state index in [4.69, 9.17) is 20.8 Å². The Morgan fingerprint density at radius 2 is 2.00 bits per heavy atom. The average molecular weight is 283 g/mol. The van der Waals surface area contributed by atoms with Crippen LogP contribution < -0.4 is 0 Å². The molecule has 0 fully saturated rings. The van der Waals surface area contributed by atoms with Crippen LogP contribution in [0.1, 0.15) is 32.6 Å². The first-order valence-electron chi connectivity index (χ1n) is 6.23. The molecule has 19 heavy (non-hydrogen) atoms. The Balaban J connectivity index is 2.41. The van der Waals surface area contributed by atoms with E-state index in [0.717, 1.165) is 5.39 Å². The van der Waals surface area contributed by atoms with E-state index >= 15 is 0 Å². The summed E-state index contributed by atoms with van der Waals surface area (Å²) in [4.78, 5) is 0. The number of rotatable bonds is 3. The molecule has 3 nitrogen and oxygen atoms in total. The number of aliphatic hydroxyl groups excluding tert-OH is 1. The van der Waals surface area contributed by atoms with Crippen LogP contribution in [0.15, 0.2) is 28.7 Å². The fourth-order valence-corrected chi connectivity index (χ4v) is 2.52. The molecule has 1 N–H and O–H groups in total.